The Hall–Kier alpha value is -0.870. The second-order valence-electron chi connectivity index (χ2n) is 4.23. The van der Waals surface area contributed by atoms with Crippen molar-refractivity contribution in [1.82, 2.24) is 0 Å². The van der Waals surface area contributed by atoms with E-state index in [1.807, 2.05) is 6.92 Å². The van der Waals surface area contributed by atoms with Gasteiger partial charge in [-0.2, -0.15) is 0 Å². The van der Waals surface area contributed by atoms with E-state index in [1.54, 1.807) is 24.3 Å². The SMILES string of the molecule is Cc1ccc(S(=O)(=O)C(C)(C)CO)cc1. The molecule has 0 aliphatic rings. The number of hydrogen-bond donors (Lipinski definition) is 1. The molecule has 0 atom stereocenters. The zero-order valence-electron chi connectivity index (χ0n) is 9.19. The molecule has 15 heavy (non-hydrogen) atoms. The molecule has 0 radical (unpaired) electrons. The minimum absolute atomic E-state index is 0.257. The van der Waals surface area contributed by atoms with Crippen molar-refractivity contribution in [1.29, 1.82) is 0 Å². The summed E-state index contributed by atoms with van der Waals surface area (Å²) in [6, 6.07) is 6.64. The quantitative estimate of drug-likeness (QED) is 0.853. The van der Waals surface area contributed by atoms with Crippen LogP contribution in [0.1, 0.15) is 19.4 Å². The maximum atomic E-state index is 12.0. The van der Waals surface area contributed by atoms with Crippen LogP contribution in [0.3, 0.4) is 0 Å². The number of sulfone groups is 1. The van der Waals surface area contributed by atoms with Crippen LogP contribution < -0.4 is 0 Å². The molecule has 0 saturated carbocycles. The van der Waals surface area contributed by atoms with Crippen molar-refractivity contribution in [2.24, 2.45) is 0 Å². The summed E-state index contributed by atoms with van der Waals surface area (Å²) in [5.74, 6) is 0. The van der Waals surface area contributed by atoms with Crippen LogP contribution in [0.5, 0.6) is 0 Å². The van der Waals surface area contributed by atoms with Crippen molar-refractivity contribution in [3.8, 4) is 0 Å². The van der Waals surface area contributed by atoms with Crippen LogP contribution >= 0.6 is 0 Å². The first-order valence-corrected chi connectivity index (χ1v) is 6.22. The highest BCUT2D eigenvalue weighted by molar-refractivity contribution is 7.92. The van der Waals surface area contributed by atoms with Crippen LogP contribution in [0.15, 0.2) is 29.2 Å². The van der Waals surface area contributed by atoms with Gasteiger partial charge in [0.25, 0.3) is 0 Å². The molecule has 0 aliphatic carbocycles. The average Bonchev–Trinajstić information content (AvgIpc) is 2.18. The van der Waals surface area contributed by atoms with Gasteiger partial charge >= 0.3 is 0 Å². The Morgan fingerprint density at radius 1 is 1.20 bits per heavy atom. The minimum atomic E-state index is -3.46. The summed E-state index contributed by atoms with van der Waals surface area (Å²) in [7, 11) is -3.46. The van der Waals surface area contributed by atoms with Crippen molar-refractivity contribution in [2.75, 3.05) is 6.61 Å². The standard InChI is InChI=1S/C11H16O3S/c1-9-4-6-10(7-5-9)15(13,14)11(2,3)8-12/h4-7,12H,8H2,1-3H3. The summed E-state index contributed by atoms with van der Waals surface area (Å²) in [5, 5.41) is 9.07. The predicted molar refractivity (Wildman–Crippen MR) is 59.5 cm³/mol. The van der Waals surface area contributed by atoms with Crippen molar-refractivity contribution in [3.05, 3.63) is 29.8 Å². The van der Waals surface area contributed by atoms with E-state index >= 15 is 0 Å². The number of benzene rings is 1. The molecule has 84 valence electrons. The number of aryl methyl sites for hydroxylation is 1. The van der Waals surface area contributed by atoms with Gasteiger partial charge in [-0.3, -0.25) is 0 Å². The monoisotopic (exact) mass is 228 g/mol. The van der Waals surface area contributed by atoms with Gasteiger partial charge in [-0.25, -0.2) is 8.42 Å². The Labute approximate surface area is 90.7 Å². The van der Waals surface area contributed by atoms with Crippen LogP contribution in [0.25, 0.3) is 0 Å². The maximum absolute atomic E-state index is 12.0. The number of aliphatic hydroxyl groups excluding tert-OH is 1. The minimum Gasteiger partial charge on any atom is -0.395 e. The zero-order chi connectivity index (χ0) is 11.7. The molecule has 0 saturated heterocycles. The smallest absolute Gasteiger partial charge is 0.185 e. The summed E-state index contributed by atoms with van der Waals surface area (Å²) >= 11 is 0. The topological polar surface area (TPSA) is 54.4 Å². The molecule has 0 heterocycles. The van der Waals surface area contributed by atoms with Crippen molar-refractivity contribution < 1.29 is 13.5 Å². The van der Waals surface area contributed by atoms with Crippen LogP contribution in [0.4, 0.5) is 0 Å². The van der Waals surface area contributed by atoms with E-state index in [9.17, 15) is 8.42 Å². The normalized spacial score (nSPS) is 12.8. The molecule has 0 aliphatic heterocycles. The molecule has 1 aromatic carbocycles. The molecular formula is C11H16O3S. The lowest BCUT2D eigenvalue weighted by Crippen LogP contribution is -2.35. The van der Waals surface area contributed by atoms with Gasteiger partial charge in [0.1, 0.15) is 0 Å². The predicted octanol–water partition coefficient (Wildman–Crippen LogP) is 1.54. The van der Waals surface area contributed by atoms with Gasteiger partial charge in [0.05, 0.1) is 16.2 Å². The number of aliphatic hydroxyl groups is 1. The Kier molecular flexibility index (Phi) is 3.21. The van der Waals surface area contributed by atoms with Gasteiger partial charge in [0.15, 0.2) is 9.84 Å². The van der Waals surface area contributed by atoms with Gasteiger partial charge in [-0.15, -0.1) is 0 Å². The van der Waals surface area contributed by atoms with Crippen molar-refractivity contribution in [2.45, 2.75) is 30.4 Å². The molecule has 3 nitrogen and oxygen atoms in total. The molecule has 1 N–H and O–H groups in total. The van der Waals surface area contributed by atoms with Gasteiger partial charge in [0.2, 0.25) is 0 Å². The second-order valence-corrected chi connectivity index (χ2v) is 6.82. The van der Waals surface area contributed by atoms with E-state index in [0.29, 0.717) is 0 Å². The Bertz CT molecular complexity index is 429. The molecule has 1 aromatic rings. The molecule has 0 unspecified atom stereocenters. The highest BCUT2D eigenvalue weighted by Gasteiger charge is 2.34. The van der Waals surface area contributed by atoms with Crippen molar-refractivity contribution in [3.63, 3.8) is 0 Å². The van der Waals surface area contributed by atoms with Crippen LogP contribution in [0.2, 0.25) is 0 Å². The fourth-order valence-corrected chi connectivity index (χ4v) is 2.42. The zero-order valence-corrected chi connectivity index (χ0v) is 10.0. The third kappa shape index (κ3) is 2.21. The highest BCUT2D eigenvalue weighted by atomic mass is 32.2. The molecule has 4 heteroatoms. The molecule has 1 rings (SSSR count). The Morgan fingerprint density at radius 3 is 2.07 bits per heavy atom. The first-order chi connectivity index (χ1) is 6.81. The van der Waals surface area contributed by atoms with Gasteiger partial charge < -0.3 is 5.11 Å². The first-order valence-electron chi connectivity index (χ1n) is 4.73. The third-order valence-corrected chi connectivity index (χ3v) is 4.92. The largest absolute Gasteiger partial charge is 0.395 e. The lowest BCUT2D eigenvalue weighted by Gasteiger charge is -2.22. The lowest BCUT2D eigenvalue weighted by atomic mass is 10.2. The number of hydrogen-bond acceptors (Lipinski definition) is 3. The molecule has 0 fully saturated rings. The van der Waals surface area contributed by atoms with Gasteiger partial charge in [0, 0.05) is 0 Å². The second kappa shape index (κ2) is 3.94. The summed E-state index contributed by atoms with van der Waals surface area (Å²) in [5.41, 5.74) is 1.01. The van der Waals surface area contributed by atoms with E-state index in [0.717, 1.165) is 5.56 Å². The fraction of sp³-hybridized carbons (Fsp3) is 0.455. The summed E-state index contributed by atoms with van der Waals surface area (Å²) in [4.78, 5) is 0.257. The lowest BCUT2D eigenvalue weighted by molar-refractivity contribution is 0.258. The van der Waals surface area contributed by atoms with E-state index < -0.39 is 14.6 Å². The van der Waals surface area contributed by atoms with Gasteiger partial charge in [-0.05, 0) is 32.9 Å². The van der Waals surface area contributed by atoms with E-state index in [2.05, 4.69) is 0 Å². The summed E-state index contributed by atoms with van der Waals surface area (Å²) in [6.45, 7) is 4.54. The Balaban J connectivity index is 3.24. The number of rotatable bonds is 3. The van der Waals surface area contributed by atoms with Crippen LogP contribution in [-0.4, -0.2) is 24.9 Å². The summed E-state index contributed by atoms with van der Waals surface area (Å²) < 4.78 is 22.9. The van der Waals surface area contributed by atoms with Crippen LogP contribution in [-0.2, 0) is 9.84 Å². The third-order valence-electron chi connectivity index (χ3n) is 2.44. The molecule has 0 spiro atoms. The molecule has 0 amide bonds. The Morgan fingerprint density at radius 2 is 1.67 bits per heavy atom. The highest BCUT2D eigenvalue weighted by Crippen LogP contribution is 2.24. The van der Waals surface area contributed by atoms with E-state index in [1.165, 1.54) is 13.8 Å². The van der Waals surface area contributed by atoms with E-state index in [-0.39, 0.29) is 11.5 Å². The summed E-state index contributed by atoms with van der Waals surface area (Å²) in [6.07, 6.45) is 0. The van der Waals surface area contributed by atoms with Gasteiger partial charge in [-0.1, -0.05) is 17.7 Å². The molecular weight excluding hydrogens is 212 g/mol. The maximum Gasteiger partial charge on any atom is 0.185 e. The van der Waals surface area contributed by atoms with Crippen molar-refractivity contribution >= 4 is 9.84 Å². The average molecular weight is 228 g/mol. The van der Waals surface area contributed by atoms with E-state index in [4.69, 9.17) is 5.11 Å². The fourth-order valence-electron chi connectivity index (χ4n) is 1.12. The molecule has 0 bridgehead atoms. The van der Waals surface area contributed by atoms with Crippen LogP contribution in [0, 0.1) is 6.92 Å². The first kappa shape index (κ1) is 12.2. The molecule has 0 aromatic heterocycles.